The van der Waals surface area contributed by atoms with Crippen LogP contribution in [-0.2, 0) is 0 Å². The van der Waals surface area contributed by atoms with E-state index < -0.39 is 0 Å². The second-order valence-electron chi connectivity index (χ2n) is 7.21. The molecule has 0 spiro atoms. The summed E-state index contributed by atoms with van der Waals surface area (Å²) in [5, 5.41) is 16.1. The van der Waals surface area contributed by atoms with Gasteiger partial charge in [-0.1, -0.05) is 24.3 Å². The summed E-state index contributed by atoms with van der Waals surface area (Å²) in [5.41, 5.74) is 4.37. The Morgan fingerprint density at radius 1 is 0.909 bits per heavy atom. The van der Waals surface area contributed by atoms with Gasteiger partial charge in [-0.05, 0) is 55.5 Å². The van der Waals surface area contributed by atoms with Crippen molar-refractivity contribution < 1.29 is 9.53 Å². The molecule has 0 bridgehead atoms. The average Bonchev–Trinajstić information content (AvgIpc) is 3.29. The minimum absolute atomic E-state index is 0.224. The van der Waals surface area contributed by atoms with Gasteiger partial charge in [0.2, 0.25) is 0 Å². The molecule has 162 valence electrons. The van der Waals surface area contributed by atoms with E-state index in [-0.39, 0.29) is 5.91 Å². The minimum atomic E-state index is -0.224. The molecule has 3 heterocycles. The number of ether oxygens (including phenoxy) is 1. The molecule has 2 aromatic carbocycles. The Bertz CT molecular complexity index is 1410. The molecular formula is C25H20N6O2. The molecule has 0 fully saturated rings. The molecule has 8 heteroatoms. The second kappa shape index (κ2) is 8.88. The molecule has 0 radical (unpaired) electrons. The third-order valence-electron chi connectivity index (χ3n) is 5.07. The number of hydrogen-bond acceptors (Lipinski definition) is 6. The van der Waals surface area contributed by atoms with Crippen LogP contribution in [0.3, 0.4) is 0 Å². The molecule has 0 unspecified atom stereocenters. The molecule has 8 nitrogen and oxygen atoms in total. The normalized spacial score (nSPS) is 10.8. The summed E-state index contributed by atoms with van der Waals surface area (Å²) >= 11 is 0. The number of amides is 1. The first-order valence-electron chi connectivity index (χ1n) is 10.5. The summed E-state index contributed by atoms with van der Waals surface area (Å²) < 4.78 is 7.27. The maximum Gasteiger partial charge on any atom is 0.259 e. The lowest BCUT2D eigenvalue weighted by molar-refractivity contribution is 0.102. The number of fused-ring (bicyclic) bond motifs is 1. The molecular weight excluding hydrogens is 416 g/mol. The fraction of sp³-hybridized carbons (Fsp3) is 0.0800. The van der Waals surface area contributed by atoms with Gasteiger partial charge in [-0.15, -0.1) is 10.2 Å². The lowest BCUT2D eigenvalue weighted by atomic mass is 10.1. The molecule has 0 aliphatic heterocycles. The summed E-state index contributed by atoms with van der Waals surface area (Å²) in [6.07, 6.45) is 3.42. The number of hydrogen-bond donors (Lipinski definition) is 1. The highest BCUT2D eigenvalue weighted by molar-refractivity contribution is 6.06. The summed E-state index contributed by atoms with van der Waals surface area (Å²) in [4.78, 5) is 16.8. The number of nitrogens with one attached hydrogen (secondary N) is 1. The van der Waals surface area contributed by atoms with E-state index in [1.807, 2.05) is 67.6 Å². The highest BCUT2D eigenvalue weighted by Gasteiger charge is 2.13. The van der Waals surface area contributed by atoms with Crippen LogP contribution in [0.5, 0.6) is 5.75 Å². The van der Waals surface area contributed by atoms with Gasteiger partial charge in [-0.3, -0.25) is 9.78 Å². The number of para-hydroxylation sites is 1. The molecule has 1 amide bonds. The van der Waals surface area contributed by atoms with E-state index >= 15 is 0 Å². The standard InChI is InChI=1S/C25H20N6O2/c1-2-33-22-6-4-3-5-20(22)25(32)27-19-9-7-17(8-10-19)21-11-12-23-28-29-24(31(23)30-21)18-13-15-26-16-14-18/h3-16H,2H2,1H3,(H,27,32). The van der Waals surface area contributed by atoms with Gasteiger partial charge in [-0.25, -0.2) is 0 Å². The Morgan fingerprint density at radius 3 is 2.48 bits per heavy atom. The molecule has 0 aliphatic carbocycles. The number of carbonyl (C=O) groups excluding carboxylic acids is 1. The minimum Gasteiger partial charge on any atom is -0.493 e. The molecule has 0 saturated carbocycles. The van der Waals surface area contributed by atoms with Crippen molar-refractivity contribution in [2.24, 2.45) is 0 Å². The average molecular weight is 436 g/mol. The number of aromatic nitrogens is 5. The lowest BCUT2D eigenvalue weighted by Gasteiger charge is -2.11. The second-order valence-corrected chi connectivity index (χ2v) is 7.21. The Kier molecular flexibility index (Phi) is 5.47. The largest absolute Gasteiger partial charge is 0.493 e. The molecule has 0 saturated heterocycles. The van der Waals surface area contributed by atoms with E-state index in [0.29, 0.717) is 35.1 Å². The fourth-order valence-corrected chi connectivity index (χ4v) is 3.48. The fourth-order valence-electron chi connectivity index (χ4n) is 3.48. The van der Waals surface area contributed by atoms with E-state index in [9.17, 15) is 4.79 Å². The van der Waals surface area contributed by atoms with Crippen LogP contribution in [0.4, 0.5) is 5.69 Å². The maximum atomic E-state index is 12.7. The Morgan fingerprint density at radius 2 is 1.70 bits per heavy atom. The molecule has 0 aliphatic rings. The van der Waals surface area contributed by atoms with E-state index in [1.54, 1.807) is 29.0 Å². The molecule has 33 heavy (non-hydrogen) atoms. The number of nitrogens with zero attached hydrogens (tertiary/aromatic N) is 5. The van der Waals surface area contributed by atoms with Gasteiger partial charge < -0.3 is 10.1 Å². The predicted molar refractivity (Wildman–Crippen MR) is 125 cm³/mol. The lowest BCUT2D eigenvalue weighted by Crippen LogP contribution is -2.13. The molecule has 5 rings (SSSR count). The highest BCUT2D eigenvalue weighted by Crippen LogP contribution is 2.24. The molecule has 3 aromatic heterocycles. The summed E-state index contributed by atoms with van der Waals surface area (Å²) in [6.45, 7) is 2.38. The molecule has 0 atom stereocenters. The monoisotopic (exact) mass is 436 g/mol. The Balaban J connectivity index is 1.39. The zero-order valence-electron chi connectivity index (χ0n) is 17.8. The zero-order chi connectivity index (χ0) is 22.6. The summed E-state index contributed by atoms with van der Waals surface area (Å²) in [7, 11) is 0. The smallest absolute Gasteiger partial charge is 0.259 e. The van der Waals surface area contributed by atoms with Crippen LogP contribution >= 0.6 is 0 Å². The van der Waals surface area contributed by atoms with Crippen molar-refractivity contribution in [1.29, 1.82) is 0 Å². The number of pyridine rings is 1. The van der Waals surface area contributed by atoms with Gasteiger partial charge in [0.05, 0.1) is 17.9 Å². The van der Waals surface area contributed by atoms with Crippen LogP contribution in [0.1, 0.15) is 17.3 Å². The van der Waals surface area contributed by atoms with Gasteiger partial charge in [0.15, 0.2) is 11.5 Å². The van der Waals surface area contributed by atoms with Gasteiger partial charge in [0.1, 0.15) is 5.75 Å². The van der Waals surface area contributed by atoms with Gasteiger partial charge >= 0.3 is 0 Å². The Hall–Kier alpha value is -4.59. The first-order valence-corrected chi connectivity index (χ1v) is 10.5. The summed E-state index contributed by atoms with van der Waals surface area (Å²) in [5.74, 6) is 0.981. The first kappa shape index (κ1) is 20.3. The van der Waals surface area contributed by atoms with Crippen LogP contribution in [0.15, 0.2) is 85.2 Å². The van der Waals surface area contributed by atoms with Crippen LogP contribution in [0.2, 0.25) is 0 Å². The number of benzene rings is 2. The molecule has 1 N–H and O–H groups in total. The Labute approximate surface area is 189 Å². The first-order chi connectivity index (χ1) is 16.2. The van der Waals surface area contributed by atoms with Crippen molar-refractivity contribution in [1.82, 2.24) is 24.8 Å². The number of anilines is 1. The molecule has 5 aromatic rings. The van der Waals surface area contributed by atoms with Gasteiger partial charge in [-0.2, -0.15) is 9.61 Å². The summed E-state index contributed by atoms with van der Waals surface area (Å²) in [6, 6.07) is 22.2. The van der Waals surface area contributed by atoms with Crippen molar-refractivity contribution in [2.45, 2.75) is 6.92 Å². The van der Waals surface area contributed by atoms with E-state index in [4.69, 9.17) is 9.84 Å². The third kappa shape index (κ3) is 4.14. The van der Waals surface area contributed by atoms with Crippen LogP contribution in [0.25, 0.3) is 28.3 Å². The topological polar surface area (TPSA) is 94.3 Å². The number of rotatable bonds is 6. The third-order valence-corrected chi connectivity index (χ3v) is 5.07. The quantitative estimate of drug-likeness (QED) is 0.421. The van der Waals surface area contributed by atoms with Crippen LogP contribution in [-0.4, -0.2) is 37.3 Å². The van der Waals surface area contributed by atoms with Crippen LogP contribution in [0, 0.1) is 0 Å². The van der Waals surface area contributed by atoms with Crippen molar-refractivity contribution in [3.8, 4) is 28.4 Å². The van der Waals surface area contributed by atoms with Crippen molar-refractivity contribution in [2.75, 3.05) is 11.9 Å². The van der Waals surface area contributed by atoms with E-state index in [1.165, 1.54) is 0 Å². The van der Waals surface area contributed by atoms with Gasteiger partial charge in [0, 0.05) is 29.2 Å². The number of carbonyl (C=O) groups is 1. The van der Waals surface area contributed by atoms with Crippen LogP contribution < -0.4 is 10.1 Å². The predicted octanol–water partition coefficient (Wildman–Crippen LogP) is 4.50. The van der Waals surface area contributed by atoms with E-state index in [2.05, 4.69) is 20.5 Å². The maximum absolute atomic E-state index is 12.7. The SMILES string of the molecule is CCOc1ccccc1C(=O)Nc1ccc(-c2ccc3nnc(-c4ccncc4)n3n2)cc1. The van der Waals surface area contributed by atoms with Crippen molar-refractivity contribution in [3.63, 3.8) is 0 Å². The van der Waals surface area contributed by atoms with Crippen molar-refractivity contribution >= 4 is 17.2 Å². The van der Waals surface area contributed by atoms with Crippen molar-refractivity contribution in [3.05, 3.63) is 90.8 Å². The highest BCUT2D eigenvalue weighted by atomic mass is 16.5. The van der Waals surface area contributed by atoms with Gasteiger partial charge in [0.25, 0.3) is 5.91 Å². The van der Waals surface area contributed by atoms with E-state index in [0.717, 1.165) is 16.8 Å². The zero-order valence-corrected chi connectivity index (χ0v) is 17.8.